The number of amides is 1. The number of aromatic nitrogens is 4. The molecule has 1 aliphatic heterocycles. The van der Waals surface area contributed by atoms with Gasteiger partial charge >= 0.3 is 0 Å². The molecule has 3 aromatic rings. The average Bonchev–Trinajstić information content (AvgIpc) is 3.17. The van der Waals surface area contributed by atoms with Crippen LogP contribution in [0, 0.1) is 13.8 Å². The van der Waals surface area contributed by atoms with Gasteiger partial charge in [0.1, 0.15) is 18.2 Å². The summed E-state index contributed by atoms with van der Waals surface area (Å²) in [6, 6.07) is 7.48. The molecule has 0 N–H and O–H groups in total. The lowest BCUT2D eigenvalue weighted by Crippen LogP contribution is -2.42. The van der Waals surface area contributed by atoms with Crippen molar-refractivity contribution in [3.63, 3.8) is 0 Å². The van der Waals surface area contributed by atoms with E-state index >= 15 is 0 Å². The molecule has 1 atom stereocenters. The number of benzene rings is 1. The van der Waals surface area contributed by atoms with Gasteiger partial charge in [-0.2, -0.15) is 14.6 Å². The van der Waals surface area contributed by atoms with E-state index in [-0.39, 0.29) is 12.0 Å². The van der Waals surface area contributed by atoms with Gasteiger partial charge in [0, 0.05) is 17.8 Å². The first-order chi connectivity index (χ1) is 13.6. The van der Waals surface area contributed by atoms with Crippen LogP contribution in [0.25, 0.3) is 5.78 Å². The molecule has 0 spiro atoms. The van der Waals surface area contributed by atoms with Crippen molar-refractivity contribution in [2.24, 2.45) is 0 Å². The van der Waals surface area contributed by atoms with Gasteiger partial charge in [0.15, 0.2) is 0 Å². The van der Waals surface area contributed by atoms with E-state index in [0.717, 1.165) is 22.7 Å². The molecule has 8 heteroatoms. The molecule has 0 radical (unpaired) electrons. The van der Waals surface area contributed by atoms with Gasteiger partial charge in [0.25, 0.3) is 11.7 Å². The number of morpholine rings is 1. The van der Waals surface area contributed by atoms with Crippen molar-refractivity contribution >= 4 is 11.7 Å². The first kappa shape index (κ1) is 18.4. The van der Waals surface area contributed by atoms with Gasteiger partial charge in [-0.25, -0.2) is 4.98 Å². The average molecular weight is 381 g/mol. The monoisotopic (exact) mass is 381 g/mol. The van der Waals surface area contributed by atoms with Gasteiger partial charge in [-0.15, -0.1) is 0 Å². The lowest BCUT2D eigenvalue weighted by Gasteiger charge is -2.33. The standard InChI is InChI=1S/C20H23N5O3/c1-4-27-17-6-5-15(9-13(17)2)19(26)24-7-8-28-18(11-24)16-10-14(3)23-20-21-12-22-25(16)20/h5-6,9-10,12,18H,4,7-8,11H2,1-3H3. The number of ether oxygens (including phenoxy) is 2. The summed E-state index contributed by atoms with van der Waals surface area (Å²) >= 11 is 0. The van der Waals surface area contributed by atoms with Gasteiger partial charge in [0.05, 0.1) is 25.5 Å². The second-order valence-corrected chi connectivity index (χ2v) is 6.82. The fraction of sp³-hybridized carbons (Fsp3) is 0.400. The number of hydrogen-bond acceptors (Lipinski definition) is 6. The van der Waals surface area contributed by atoms with Crippen molar-refractivity contribution < 1.29 is 14.3 Å². The molecule has 1 aromatic carbocycles. The molecule has 8 nitrogen and oxygen atoms in total. The Balaban J connectivity index is 1.57. The summed E-state index contributed by atoms with van der Waals surface area (Å²) in [5.74, 6) is 1.32. The Kier molecular flexibility index (Phi) is 4.95. The van der Waals surface area contributed by atoms with E-state index in [2.05, 4.69) is 15.1 Å². The summed E-state index contributed by atoms with van der Waals surface area (Å²) in [6.45, 7) is 7.86. The first-order valence-corrected chi connectivity index (χ1v) is 9.38. The molecule has 2 aromatic heterocycles. The highest BCUT2D eigenvalue weighted by Gasteiger charge is 2.28. The maximum absolute atomic E-state index is 13.1. The Morgan fingerprint density at radius 3 is 2.96 bits per heavy atom. The summed E-state index contributed by atoms with van der Waals surface area (Å²) in [6.07, 6.45) is 1.19. The smallest absolute Gasteiger partial charge is 0.254 e. The summed E-state index contributed by atoms with van der Waals surface area (Å²) in [4.78, 5) is 23.4. The molecule has 1 unspecified atom stereocenters. The van der Waals surface area contributed by atoms with Crippen LogP contribution >= 0.6 is 0 Å². The normalized spacial score (nSPS) is 17.1. The molecular weight excluding hydrogens is 358 g/mol. The molecule has 1 amide bonds. The summed E-state index contributed by atoms with van der Waals surface area (Å²) in [5.41, 5.74) is 3.29. The highest BCUT2D eigenvalue weighted by molar-refractivity contribution is 5.94. The third-order valence-electron chi connectivity index (χ3n) is 4.81. The molecule has 4 rings (SSSR count). The van der Waals surface area contributed by atoms with Gasteiger partial charge in [-0.05, 0) is 50.6 Å². The molecule has 1 saturated heterocycles. The minimum absolute atomic E-state index is 0.0138. The van der Waals surface area contributed by atoms with E-state index < -0.39 is 0 Å². The van der Waals surface area contributed by atoms with E-state index in [9.17, 15) is 4.79 Å². The number of carbonyl (C=O) groups is 1. The predicted octanol–water partition coefficient (Wildman–Crippen LogP) is 2.35. The number of fused-ring (bicyclic) bond motifs is 1. The van der Waals surface area contributed by atoms with Crippen LogP contribution in [0.1, 0.15) is 40.3 Å². The van der Waals surface area contributed by atoms with E-state index in [1.54, 1.807) is 4.52 Å². The highest BCUT2D eigenvalue weighted by atomic mass is 16.5. The lowest BCUT2D eigenvalue weighted by atomic mass is 10.1. The van der Waals surface area contributed by atoms with Gasteiger partial charge in [-0.1, -0.05) is 0 Å². The molecule has 0 aliphatic carbocycles. The topological polar surface area (TPSA) is 81.8 Å². The van der Waals surface area contributed by atoms with Gasteiger partial charge in [-0.3, -0.25) is 4.79 Å². The Hall–Kier alpha value is -3.00. The van der Waals surface area contributed by atoms with Crippen LogP contribution < -0.4 is 4.74 Å². The molecule has 1 fully saturated rings. The van der Waals surface area contributed by atoms with E-state index in [4.69, 9.17) is 9.47 Å². The minimum Gasteiger partial charge on any atom is -0.494 e. The van der Waals surface area contributed by atoms with Crippen LogP contribution in [-0.4, -0.2) is 56.7 Å². The zero-order valence-corrected chi connectivity index (χ0v) is 16.3. The Bertz CT molecular complexity index is 1020. The van der Waals surface area contributed by atoms with Crippen LogP contribution in [0.15, 0.2) is 30.6 Å². The van der Waals surface area contributed by atoms with Crippen molar-refractivity contribution in [1.29, 1.82) is 0 Å². The van der Waals surface area contributed by atoms with Crippen molar-refractivity contribution in [3.05, 3.63) is 53.1 Å². The minimum atomic E-state index is -0.285. The summed E-state index contributed by atoms with van der Waals surface area (Å²) in [5, 5.41) is 4.25. The second kappa shape index (κ2) is 7.55. The van der Waals surface area contributed by atoms with E-state index in [0.29, 0.717) is 37.6 Å². The molecule has 0 saturated carbocycles. The SMILES string of the molecule is CCOc1ccc(C(=O)N2CCOC(c3cc(C)nc4ncnn34)C2)cc1C. The molecule has 28 heavy (non-hydrogen) atoms. The number of hydrogen-bond donors (Lipinski definition) is 0. The Labute approximate surface area is 163 Å². The largest absolute Gasteiger partial charge is 0.494 e. The van der Waals surface area contributed by atoms with Crippen molar-refractivity contribution in [2.45, 2.75) is 26.9 Å². The number of rotatable bonds is 4. The molecule has 3 heterocycles. The van der Waals surface area contributed by atoms with E-state index in [1.165, 1.54) is 6.33 Å². The first-order valence-electron chi connectivity index (χ1n) is 9.38. The van der Waals surface area contributed by atoms with Crippen molar-refractivity contribution in [1.82, 2.24) is 24.5 Å². The quantitative estimate of drug-likeness (QED) is 0.690. The molecule has 0 bridgehead atoms. The summed E-state index contributed by atoms with van der Waals surface area (Å²) < 4.78 is 13.2. The molecular formula is C20H23N5O3. The van der Waals surface area contributed by atoms with Gasteiger partial charge in [0.2, 0.25) is 0 Å². The molecule has 146 valence electrons. The van der Waals surface area contributed by atoms with E-state index in [1.807, 2.05) is 49.9 Å². The third-order valence-corrected chi connectivity index (χ3v) is 4.81. The zero-order chi connectivity index (χ0) is 19.7. The molecule has 1 aliphatic rings. The predicted molar refractivity (Wildman–Crippen MR) is 102 cm³/mol. The fourth-order valence-corrected chi connectivity index (χ4v) is 3.48. The van der Waals surface area contributed by atoms with Gasteiger partial charge < -0.3 is 14.4 Å². The van der Waals surface area contributed by atoms with Crippen LogP contribution in [-0.2, 0) is 4.74 Å². The lowest BCUT2D eigenvalue weighted by molar-refractivity contribution is -0.0257. The third kappa shape index (κ3) is 3.43. The highest BCUT2D eigenvalue weighted by Crippen LogP contribution is 2.25. The van der Waals surface area contributed by atoms with Crippen molar-refractivity contribution in [3.8, 4) is 5.75 Å². The van der Waals surface area contributed by atoms with Crippen LogP contribution in [0.2, 0.25) is 0 Å². The Morgan fingerprint density at radius 1 is 1.32 bits per heavy atom. The Morgan fingerprint density at radius 2 is 2.18 bits per heavy atom. The second-order valence-electron chi connectivity index (χ2n) is 6.82. The summed E-state index contributed by atoms with van der Waals surface area (Å²) in [7, 11) is 0. The van der Waals surface area contributed by atoms with Crippen LogP contribution in [0.5, 0.6) is 5.75 Å². The van der Waals surface area contributed by atoms with Crippen LogP contribution in [0.3, 0.4) is 0 Å². The number of aryl methyl sites for hydroxylation is 2. The zero-order valence-electron chi connectivity index (χ0n) is 16.3. The maximum Gasteiger partial charge on any atom is 0.254 e. The number of nitrogens with zero attached hydrogens (tertiary/aromatic N) is 5. The maximum atomic E-state index is 13.1. The van der Waals surface area contributed by atoms with Crippen molar-refractivity contribution in [2.75, 3.05) is 26.3 Å². The van der Waals surface area contributed by atoms with Crippen LogP contribution in [0.4, 0.5) is 0 Å². The fourth-order valence-electron chi connectivity index (χ4n) is 3.48. The number of carbonyl (C=O) groups excluding carboxylic acids is 1.